The number of hydrogen-bond acceptors (Lipinski definition) is 2. The summed E-state index contributed by atoms with van der Waals surface area (Å²) in [6, 6.07) is 9.92. The molecule has 2 N–H and O–H groups in total. The molecule has 2 heteroatoms. The molecule has 106 valence electrons. The van der Waals surface area contributed by atoms with Crippen molar-refractivity contribution in [2.24, 2.45) is 0 Å². The fourth-order valence-electron chi connectivity index (χ4n) is 2.90. The third-order valence-electron chi connectivity index (χ3n) is 3.88. The third-order valence-corrected chi connectivity index (χ3v) is 3.88. The molecule has 0 fully saturated rings. The van der Waals surface area contributed by atoms with Crippen LogP contribution in [0.5, 0.6) is 11.5 Å². The van der Waals surface area contributed by atoms with E-state index in [4.69, 9.17) is 0 Å². The highest BCUT2D eigenvalue weighted by atomic mass is 16.3. The molecule has 0 radical (unpaired) electrons. The molecule has 0 spiro atoms. The first-order valence-electron chi connectivity index (χ1n) is 7.29. The van der Waals surface area contributed by atoms with Crippen LogP contribution in [0.3, 0.4) is 0 Å². The fourth-order valence-corrected chi connectivity index (χ4v) is 2.90. The summed E-state index contributed by atoms with van der Waals surface area (Å²) in [5, 5.41) is 21.0. The maximum absolute atomic E-state index is 10.6. The Balaban J connectivity index is 2.85. The van der Waals surface area contributed by atoms with Gasteiger partial charge in [0.1, 0.15) is 11.5 Å². The molecule has 0 unspecified atom stereocenters. The van der Waals surface area contributed by atoms with Gasteiger partial charge in [0.25, 0.3) is 0 Å². The van der Waals surface area contributed by atoms with Crippen LogP contribution in [0.4, 0.5) is 0 Å². The third kappa shape index (κ3) is 2.26. The normalized spacial score (nSPS) is 10.8. The van der Waals surface area contributed by atoms with E-state index in [9.17, 15) is 10.2 Å². The lowest BCUT2D eigenvalue weighted by Crippen LogP contribution is -2.00. The van der Waals surface area contributed by atoms with Crippen LogP contribution in [0, 0.1) is 0 Å². The minimum Gasteiger partial charge on any atom is -0.507 e. The zero-order valence-electron chi connectivity index (χ0n) is 12.4. The average molecular weight is 270 g/mol. The zero-order valence-corrected chi connectivity index (χ0v) is 12.4. The average Bonchev–Trinajstić information content (AvgIpc) is 2.48. The summed E-state index contributed by atoms with van der Waals surface area (Å²) < 4.78 is 0. The molecule has 0 atom stereocenters. The number of aromatic hydroxyl groups is 2. The van der Waals surface area contributed by atoms with Crippen LogP contribution in [0.25, 0.3) is 11.1 Å². The van der Waals surface area contributed by atoms with Crippen LogP contribution in [0.1, 0.15) is 37.5 Å². The predicted octanol–water partition coefficient (Wildman–Crippen LogP) is 4.45. The topological polar surface area (TPSA) is 40.5 Å². The summed E-state index contributed by atoms with van der Waals surface area (Å²) in [6.45, 7) is 6.06. The van der Waals surface area contributed by atoms with Crippen molar-refractivity contribution in [3.8, 4) is 22.6 Å². The van der Waals surface area contributed by atoms with E-state index in [1.165, 1.54) is 0 Å². The summed E-state index contributed by atoms with van der Waals surface area (Å²) in [6.07, 6.45) is 2.18. The van der Waals surface area contributed by atoms with Gasteiger partial charge < -0.3 is 10.2 Å². The van der Waals surface area contributed by atoms with E-state index in [1.54, 1.807) is 0 Å². The van der Waals surface area contributed by atoms with Crippen molar-refractivity contribution in [1.29, 1.82) is 0 Å². The highest BCUT2D eigenvalue weighted by Gasteiger charge is 2.21. The fraction of sp³-hybridized carbons (Fsp3) is 0.333. The molecule has 0 amide bonds. The number of phenolic OH excluding ortho intramolecular Hbond substituents is 2. The van der Waals surface area contributed by atoms with Crippen molar-refractivity contribution >= 4 is 0 Å². The summed E-state index contributed by atoms with van der Waals surface area (Å²) in [4.78, 5) is 0. The Morgan fingerprint density at radius 2 is 1.25 bits per heavy atom. The predicted molar refractivity (Wildman–Crippen MR) is 83.3 cm³/mol. The van der Waals surface area contributed by atoms with E-state index < -0.39 is 0 Å². The molecule has 0 aliphatic heterocycles. The van der Waals surface area contributed by atoms with Crippen LogP contribution >= 0.6 is 0 Å². The maximum atomic E-state index is 10.6. The summed E-state index contributed by atoms with van der Waals surface area (Å²) in [7, 11) is 0. The minimum absolute atomic E-state index is 0.227. The van der Waals surface area contributed by atoms with Crippen molar-refractivity contribution in [3.63, 3.8) is 0 Å². The first kappa shape index (κ1) is 14.4. The van der Waals surface area contributed by atoms with E-state index in [0.717, 1.165) is 35.1 Å². The zero-order chi connectivity index (χ0) is 14.7. The molecule has 0 aromatic heterocycles. The second-order valence-corrected chi connectivity index (χ2v) is 4.93. The van der Waals surface area contributed by atoms with Crippen molar-refractivity contribution < 1.29 is 10.2 Å². The lowest BCUT2D eigenvalue weighted by molar-refractivity contribution is 0.435. The van der Waals surface area contributed by atoms with Gasteiger partial charge in [0, 0.05) is 11.1 Å². The van der Waals surface area contributed by atoms with Crippen molar-refractivity contribution in [2.45, 2.75) is 40.0 Å². The van der Waals surface area contributed by atoms with E-state index in [1.807, 2.05) is 44.2 Å². The van der Waals surface area contributed by atoms with Crippen LogP contribution in [-0.2, 0) is 19.3 Å². The first-order chi connectivity index (χ1) is 9.65. The Morgan fingerprint density at radius 3 is 1.75 bits per heavy atom. The standard InChI is InChI=1S/C18H22O2/c1-4-13-14(5-2)17(19)15(6-3)18(20)16(13)12-10-8-7-9-11-12/h7-11,19-20H,4-6H2,1-3H3. The van der Waals surface area contributed by atoms with Crippen molar-refractivity contribution in [2.75, 3.05) is 0 Å². The molecule has 0 heterocycles. The van der Waals surface area contributed by atoms with Crippen LogP contribution in [-0.4, -0.2) is 10.2 Å². The van der Waals surface area contributed by atoms with Crippen molar-refractivity contribution in [3.05, 3.63) is 47.0 Å². The number of benzene rings is 2. The molecule has 0 aliphatic carbocycles. The Kier molecular flexibility index (Phi) is 4.33. The van der Waals surface area contributed by atoms with Crippen LogP contribution in [0.2, 0.25) is 0 Å². The van der Waals surface area contributed by atoms with E-state index in [0.29, 0.717) is 12.0 Å². The second kappa shape index (κ2) is 6.00. The van der Waals surface area contributed by atoms with Gasteiger partial charge in [-0.05, 0) is 36.0 Å². The van der Waals surface area contributed by atoms with Gasteiger partial charge in [0.15, 0.2) is 0 Å². The van der Waals surface area contributed by atoms with E-state index in [-0.39, 0.29) is 11.5 Å². The molecule has 0 aliphatic rings. The molecule has 0 bridgehead atoms. The summed E-state index contributed by atoms with van der Waals surface area (Å²) >= 11 is 0. The minimum atomic E-state index is 0.227. The Hall–Kier alpha value is -1.96. The molecule has 0 saturated heterocycles. The molecular weight excluding hydrogens is 248 g/mol. The Labute approximate surface area is 120 Å². The van der Waals surface area contributed by atoms with Gasteiger partial charge in [-0.2, -0.15) is 0 Å². The highest BCUT2D eigenvalue weighted by Crippen LogP contribution is 2.44. The smallest absolute Gasteiger partial charge is 0.130 e. The van der Waals surface area contributed by atoms with Crippen LogP contribution in [0.15, 0.2) is 30.3 Å². The second-order valence-electron chi connectivity index (χ2n) is 4.93. The molecule has 2 nitrogen and oxygen atoms in total. The largest absolute Gasteiger partial charge is 0.507 e. The van der Waals surface area contributed by atoms with Crippen LogP contribution < -0.4 is 0 Å². The van der Waals surface area contributed by atoms with Gasteiger partial charge in [0.05, 0.1) is 0 Å². The summed E-state index contributed by atoms with van der Waals surface area (Å²) in [5.41, 5.74) is 4.54. The van der Waals surface area contributed by atoms with Gasteiger partial charge >= 0.3 is 0 Å². The van der Waals surface area contributed by atoms with Gasteiger partial charge in [-0.15, -0.1) is 0 Å². The highest BCUT2D eigenvalue weighted by molar-refractivity contribution is 5.79. The summed E-state index contributed by atoms with van der Waals surface area (Å²) in [5.74, 6) is 0.495. The molecule has 0 saturated carbocycles. The van der Waals surface area contributed by atoms with E-state index >= 15 is 0 Å². The van der Waals surface area contributed by atoms with Gasteiger partial charge in [-0.1, -0.05) is 51.1 Å². The van der Waals surface area contributed by atoms with E-state index in [2.05, 4.69) is 6.92 Å². The lowest BCUT2D eigenvalue weighted by Gasteiger charge is -2.20. The number of rotatable bonds is 4. The van der Waals surface area contributed by atoms with Crippen molar-refractivity contribution in [1.82, 2.24) is 0 Å². The number of phenols is 2. The van der Waals surface area contributed by atoms with Gasteiger partial charge in [-0.3, -0.25) is 0 Å². The Bertz CT molecular complexity index is 601. The first-order valence-corrected chi connectivity index (χ1v) is 7.29. The monoisotopic (exact) mass is 270 g/mol. The molecule has 2 aromatic carbocycles. The molecule has 20 heavy (non-hydrogen) atoms. The lowest BCUT2D eigenvalue weighted by atomic mass is 9.87. The SMILES string of the molecule is CCc1c(O)c(CC)c(CC)c(-c2ccccc2)c1O. The molecule has 2 rings (SSSR count). The van der Waals surface area contributed by atoms with Gasteiger partial charge in [0.2, 0.25) is 0 Å². The maximum Gasteiger partial charge on any atom is 0.130 e. The quantitative estimate of drug-likeness (QED) is 0.861. The Morgan fingerprint density at radius 1 is 0.700 bits per heavy atom. The molecule has 2 aromatic rings. The van der Waals surface area contributed by atoms with Gasteiger partial charge in [-0.25, -0.2) is 0 Å². The molecular formula is C18H22O2. The number of hydrogen-bond donors (Lipinski definition) is 2.